The van der Waals surface area contributed by atoms with Gasteiger partial charge in [-0.25, -0.2) is 0 Å². The molecule has 2 heterocycles. The zero-order valence-corrected chi connectivity index (χ0v) is 12.5. The van der Waals surface area contributed by atoms with Crippen molar-refractivity contribution < 1.29 is 0 Å². The highest BCUT2D eigenvalue weighted by molar-refractivity contribution is 7.98. The number of fused-ring (bicyclic) bond motifs is 1. The van der Waals surface area contributed by atoms with Crippen LogP contribution in [0.25, 0.3) is 15.9 Å². The van der Waals surface area contributed by atoms with E-state index in [-0.39, 0.29) is 5.43 Å². The fourth-order valence-corrected chi connectivity index (χ4v) is 3.94. The van der Waals surface area contributed by atoms with E-state index in [2.05, 4.69) is 4.57 Å². The van der Waals surface area contributed by atoms with Crippen LogP contribution in [-0.2, 0) is 0 Å². The molecule has 3 aromatic rings. The average Bonchev–Trinajstić information content (AvgIpc) is 2.81. The second kappa shape index (κ2) is 5.04. The summed E-state index contributed by atoms with van der Waals surface area (Å²) in [5.74, 6) is 0. The monoisotopic (exact) mass is 307 g/mol. The Bertz CT molecular complexity index is 792. The number of thiophene rings is 1. The SMILES string of the molecule is CSc1cc(=O)c2cc(Cl)sc2n1-c1ccccc1. The number of pyridine rings is 1. The Balaban J connectivity index is 2.45. The van der Waals surface area contributed by atoms with E-state index in [0.29, 0.717) is 9.72 Å². The van der Waals surface area contributed by atoms with E-state index in [0.717, 1.165) is 15.5 Å². The van der Waals surface area contributed by atoms with Gasteiger partial charge in [0.05, 0.1) is 14.7 Å². The predicted molar refractivity (Wildman–Crippen MR) is 84.2 cm³/mol. The summed E-state index contributed by atoms with van der Waals surface area (Å²) >= 11 is 9.06. The van der Waals surface area contributed by atoms with E-state index in [9.17, 15) is 4.79 Å². The molecule has 0 bridgehead atoms. The lowest BCUT2D eigenvalue weighted by Crippen LogP contribution is -2.07. The maximum atomic E-state index is 12.1. The largest absolute Gasteiger partial charge is 0.295 e. The number of thioether (sulfide) groups is 1. The maximum Gasteiger partial charge on any atom is 0.191 e. The molecular weight excluding hydrogens is 298 g/mol. The molecule has 2 aromatic heterocycles. The average molecular weight is 308 g/mol. The van der Waals surface area contributed by atoms with Crippen molar-refractivity contribution in [2.45, 2.75) is 5.03 Å². The molecule has 0 spiro atoms. The molecule has 0 saturated heterocycles. The Labute approximate surface area is 123 Å². The first kappa shape index (κ1) is 12.8. The van der Waals surface area contributed by atoms with Crippen molar-refractivity contribution in [1.82, 2.24) is 4.57 Å². The minimum atomic E-state index is 0.0229. The molecule has 0 radical (unpaired) electrons. The number of hydrogen-bond donors (Lipinski definition) is 0. The number of hydrogen-bond acceptors (Lipinski definition) is 3. The zero-order chi connectivity index (χ0) is 13.4. The molecule has 0 aliphatic carbocycles. The second-order valence-electron chi connectivity index (χ2n) is 3.99. The van der Waals surface area contributed by atoms with E-state index < -0.39 is 0 Å². The minimum Gasteiger partial charge on any atom is -0.295 e. The van der Waals surface area contributed by atoms with Crippen LogP contribution in [0.15, 0.2) is 52.3 Å². The highest BCUT2D eigenvalue weighted by atomic mass is 35.5. The van der Waals surface area contributed by atoms with Crippen LogP contribution in [0.2, 0.25) is 4.34 Å². The highest BCUT2D eigenvalue weighted by Gasteiger charge is 2.13. The van der Waals surface area contributed by atoms with Gasteiger partial charge in [-0.05, 0) is 24.5 Å². The molecule has 0 amide bonds. The Kier molecular flexibility index (Phi) is 3.39. The molecule has 0 saturated carbocycles. The van der Waals surface area contributed by atoms with Crippen molar-refractivity contribution in [1.29, 1.82) is 0 Å². The van der Waals surface area contributed by atoms with Crippen molar-refractivity contribution in [3.05, 3.63) is 57.0 Å². The maximum absolute atomic E-state index is 12.1. The van der Waals surface area contributed by atoms with Gasteiger partial charge < -0.3 is 0 Å². The van der Waals surface area contributed by atoms with Gasteiger partial charge in [-0.15, -0.1) is 23.1 Å². The lowest BCUT2D eigenvalue weighted by molar-refractivity contribution is 0.971. The Hall–Kier alpha value is -1.23. The number of para-hydroxylation sites is 1. The summed E-state index contributed by atoms with van der Waals surface area (Å²) in [6, 6.07) is 13.4. The third-order valence-corrected chi connectivity index (χ3v) is 4.82. The lowest BCUT2D eigenvalue weighted by atomic mass is 10.3. The number of halogens is 1. The second-order valence-corrected chi connectivity index (χ2v) is 6.48. The molecule has 1 aromatic carbocycles. The molecule has 19 heavy (non-hydrogen) atoms. The summed E-state index contributed by atoms with van der Waals surface area (Å²) < 4.78 is 2.72. The molecule has 0 atom stereocenters. The van der Waals surface area contributed by atoms with Gasteiger partial charge >= 0.3 is 0 Å². The number of aromatic nitrogens is 1. The molecular formula is C14H10ClNOS2. The summed E-state index contributed by atoms with van der Waals surface area (Å²) in [4.78, 5) is 13.0. The molecule has 3 rings (SSSR count). The molecule has 5 heteroatoms. The zero-order valence-electron chi connectivity index (χ0n) is 10.1. The van der Waals surface area contributed by atoms with Crippen LogP contribution in [0, 0.1) is 0 Å². The molecule has 96 valence electrons. The van der Waals surface area contributed by atoms with Crippen molar-refractivity contribution in [2.24, 2.45) is 0 Å². The smallest absolute Gasteiger partial charge is 0.191 e. The first-order chi connectivity index (χ1) is 9.20. The number of rotatable bonds is 2. The lowest BCUT2D eigenvalue weighted by Gasteiger charge is -2.13. The summed E-state index contributed by atoms with van der Waals surface area (Å²) in [7, 11) is 0. The third-order valence-electron chi connectivity index (χ3n) is 2.85. The van der Waals surface area contributed by atoms with E-state index in [1.807, 2.05) is 36.6 Å². The van der Waals surface area contributed by atoms with Crippen molar-refractivity contribution in [3.8, 4) is 5.69 Å². The fourth-order valence-electron chi connectivity index (χ4n) is 2.02. The van der Waals surface area contributed by atoms with Gasteiger partial charge in [0.2, 0.25) is 0 Å². The topological polar surface area (TPSA) is 22.0 Å². The molecule has 0 aliphatic rings. The van der Waals surface area contributed by atoms with Crippen LogP contribution in [0.4, 0.5) is 0 Å². The first-order valence-corrected chi connectivity index (χ1v) is 8.07. The first-order valence-electron chi connectivity index (χ1n) is 5.65. The molecule has 0 fully saturated rings. The van der Waals surface area contributed by atoms with Crippen LogP contribution in [0.5, 0.6) is 0 Å². The van der Waals surface area contributed by atoms with Crippen molar-refractivity contribution in [3.63, 3.8) is 0 Å². The van der Waals surface area contributed by atoms with E-state index in [1.54, 1.807) is 23.9 Å². The van der Waals surface area contributed by atoms with Crippen LogP contribution in [0.3, 0.4) is 0 Å². The van der Waals surface area contributed by atoms with Crippen LogP contribution >= 0.6 is 34.7 Å². The number of nitrogens with zero attached hydrogens (tertiary/aromatic N) is 1. The fraction of sp³-hybridized carbons (Fsp3) is 0.0714. The van der Waals surface area contributed by atoms with E-state index >= 15 is 0 Å². The van der Waals surface area contributed by atoms with E-state index in [4.69, 9.17) is 11.6 Å². The molecule has 0 aliphatic heterocycles. The van der Waals surface area contributed by atoms with Crippen LogP contribution in [-0.4, -0.2) is 10.8 Å². The third kappa shape index (κ3) is 2.20. The van der Waals surface area contributed by atoms with E-state index in [1.165, 1.54) is 11.3 Å². The number of benzene rings is 1. The van der Waals surface area contributed by atoms with Crippen molar-refractivity contribution >= 4 is 44.9 Å². The van der Waals surface area contributed by atoms with Gasteiger partial charge in [-0.3, -0.25) is 9.36 Å². The van der Waals surface area contributed by atoms with Gasteiger partial charge in [0.15, 0.2) is 5.43 Å². The standard InChI is InChI=1S/C14H10ClNOS2/c1-18-13-8-11(17)10-7-12(15)19-14(10)16(13)9-5-3-2-4-6-9/h2-8H,1H3. The van der Waals surface area contributed by atoms with Gasteiger partial charge in [0, 0.05) is 11.8 Å². The summed E-state index contributed by atoms with van der Waals surface area (Å²) in [6.45, 7) is 0. The molecule has 2 nitrogen and oxygen atoms in total. The van der Waals surface area contributed by atoms with Crippen molar-refractivity contribution in [2.75, 3.05) is 6.26 Å². The quantitative estimate of drug-likeness (QED) is 0.653. The summed E-state index contributed by atoms with van der Waals surface area (Å²) in [5.41, 5.74) is 1.06. The van der Waals surface area contributed by atoms with Gasteiger partial charge in [0.1, 0.15) is 4.83 Å². The normalized spacial score (nSPS) is 11.1. The van der Waals surface area contributed by atoms with Gasteiger partial charge in [-0.1, -0.05) is 29.8 Å². The summed E-state index contributed by atoms with van der Waals surface area (Å²) in [6.07, 6.45) is 1.97. The van der Waals surface area contributed by atoms with Gasteiger partial charge in [-0.2, -0.15) is 0 Å². The Morgan fingerprint density at radius 1 is 1.21 bits per heavy atom. The highest BCUT2D eigenvalue weighted by Crippen LogP contribution is 2.32. The van der Waals surface area contributed by atoms with Crippen LogP contribution < -0.4 is 5.43 Å². The van der Waals surface area contributed by atoms with Gasteiger partial charge in [0.25, 0.3) is 0 Å². The summed E-state index contributed by atoms with van der Waals surface area (Å²) in [5, 5.41) is 1.60. The molecule has 0 unspecified atom stereocenters. The Morgan fingerprint density at radius 3 is 2.63 bits per heavy atom. The van der Waals surface area contributed by atoms with Crippen LogP contribution in [0.1, 0.15) is 0 Å². The predicted octanol–water partition coefficient (Wildman–Crippen LogP) is 4.43. The molecule has 0 N–H and O–H groups in total. The minimum absolute atomic E-state index is 0.0229. The Morgan fingerprint density at radius 2 is 1.95 bits per heavy atom.